The van der Waals surface area contributed by atoms with Gasteiger partial charge < -0.3 is 4.90 Å². The Morgan fingerprint density at radius 3 is 2.76 bits per heavy atom. The van der Waals surface area contributed by atoms with Gasteiger partial charge in [-0.15, -0.1) is 0 Å². The maximum absolute atomic E-state index is 13.6. The van der Waals surface area contributed by atoms with Crippen molar-refractivity contribution in [3.05, 3.63) is 33.9 Å². The number of barbiturate groups is 1. The normalized spacial score (nSPS) is 26.7. The fourth-order valence-electron chi connectivity index (χ4n) is 5.02. The van der Waals surface area contributed by atoms with E-state index in [4.69, 9.17) is 0 Å². The molecule has 0 unspecified atom stereocenters. The number of carbonyl (C=O) groups is 3. The molecule has 9 nitrogen and oxygen atoms in total. The van der Waals surface area contributed by atoms with Crippen LogP contribution in [-0.4, -0.2) is 46.8 Å². The standard InChI is InChI=1S/C20H24N4O5/c1-2-9-23-18(26)20(17(25)21-19(23)27)12-13-11-14(24(28)29)7-8-15(13)22-10-5-3-4-6-16(20)22/h7-8,11,16H,2-6,9-10,12H2,1H3,(H,21,25,27)/t16-,20+/m1/s1. The van der Waals surface area contributed by atoms with Gasteiger partial charge in [-0.1, -0.05) is 19.8 Å². The molecule has 3 aliphatic rings. The molecule has 3 heterocycles. The zero-order chi connectivity index (χ0) is 20.8. The van der Waals surface area contributed by atoms with Gasteiger partial charge in [0.2, 0.25) is 11.8 Å². The van der Waals surface area contributed by atoms with E-state index in [1.807, 2.05) is 6.92 Å². The zero-order valence-electron chi connectivity index (χ0n) is 16.3. The molecule has 154 valence electrons. The van der Waals surface area contributed by atoms with Gasteiger partial charge in [-0.2, -0.15) is 0 Å². The quantitative estimate of drug-likeness (QED) is 0.473. The smallest absolute Gasteiger partial charge is 0.330 e. The van der Waals surface area contributed by atoms with E-state index < -0.39 is 28.2 Å². The topological polar surface area (TPSA) is 113 Å². The lowest BCUT2D eigenvalue weighted by atomic mass is 9.67. The lowest BCUT2D eigenvalue weighted by Crippen LogP contribution is -2.72. The van der Waals surface area contributed by atoms with Gasteiger partial charge in [0.15, 0.2) is 5.41 Å². The number of nitrogens with one attached hydrogen (secondary N) is 1. The van der Waals surface area contributed by atoms with Crippen molar-refractivity contribution in [1.82, 2.24) is 10.2 Å². The molecule has 0 radical (unpaired) electrons. The van der Waals surface area contributed by atoms with E-state index in [9.17, 15) is 24.5 Å². The Morgan fingerprint density at radius 2 is 2.03 bits per heavy atom. The molecule has 29 heavy (non-hydrogen) atoms. The summed E-state index contributed by atoms with van der Waals surface area (Å²) in [5.74, 6) is -1.07. The number of hydrogen-bond donors (Lipinski definition) is 1. The van der Waals surface area contributed by atoms with Crippen molar-refractivity contribution in [1.29, 1.82) is 0 Å². The maximum Gasteiger partial charge on any atom is 0.330 e. The predicted octanol–water partition coefficient (Wildman–Crippen LogP) is 2.37. The van der Waals surface area contributed by atoms with E-state index >= 15 is 0 Å². The van der Waals surface area contributed by atoms with Crippen molar-refractivity contribution >= 4 is 29.2 Å². The van der Waals surface area contributed by atoms with E-state index in [0.29, 0.717) is 24.9 Å². The summed E-state index contributed by atoms with van der Waals surface area (Å²) >= 11 is 0. The molecule has 3 aliphatic heterocycles. The third-order valence-corrected chi connectivity index (χ3v) is 6.32. The molecular weight excluding hydrogens is 376 g/mol. The Bertz CT molecular complexity index is 901. The average Bonchev–Trinajstić information content (AvgIpc) is 2.95. The van der Waals surface area contributed by atoms with E-state index in [1.54, 1.807) is 6.07 Å². The second-order valence-electron chi connectivity index (χ2n) is 7.99. The van der Waals surface area contributed by atoms with Crippen LogP contribution in [0.4, 0.5) is 16.2 Å². The van der Waals surface area contributed by atoms with Gasteiger partial charge in [-0.25, -0.2) is 4.79 Å². The highest BCUT2D eigenvalue weighted by Gasteiger charge is 2.61. The summed E-state index contributed by atoms with van der Waals surface area (Å²) in [6, 6.07) is 3.59. The lowest BCUT2D eigenvalue weighted by Gasteiger charge is -2.51. The Labute approximate surface area is 168 Å². The highest BCUT2D eigenvalue weighted by Crippen LogP contribution is 2.47. The van der Waals surface area contributed by atoms with Crippen LogP contribution in [-0.2, 0) is 16.0 Å². The molecule has 9 heteroatoms. The molecule has 1 aromatic carbocycles. The number of imide groups is 2. The van der Waals surface area contributed by atoms with Gasteiger partial charge in [0, 0.05) is 37.3 Å². The molecule has 4 rings (SSSR count). The number of non-ortho nitro benzene ring substituents is 1. The molecule has 2 saturated heterocycles. The highest BCUT2D eigenvalue weighted by atomic mass is 16.6. The van der Waals surface area contributed by atoms with E-state index in [1.165, 1.54) is 12.1 Å². The first-order valence-corrected chi connectivity index (χ1v) is 10.1. The van der Waals surface area contributed by atoms with Crippen molar-refractivity contribution in [3.63, 3.8) is 0 Å². The van der Waals surface area contributed by atoms with Crippen LogP contribution in [0.2, 0.25) is 0 Å². The first-order chi connectivity index (χ1) is 13.9. The largest absolute Gasteiger partial charge is 0.367 e. The summed E-state index contributed by atoms with van der Waals surface area (Å²) in [4.78, 5) is 53.1. The molecule has 4 amide bonds. The number of amides is 4. The van der Waals surface area contributed by atoms with Gasteiger partial charge >= 0.3 is 6.03 Å². The van der Waals surface area contributed by atoms with Crippen molar-refractivity contribution in [3.8, 4) is 0 Å². The third kappa shape index (κ3) is 2.87. The van der Waals surface area contributed by atoms with Crippen molar-refractivity contribution in [2.75, 3.05) is 18.0 Å². The van der Waals surface area contributed by atoms with Crippen LogP contribution in [0.3, 0.4) is 0 Å². The fraction of sp³-hybridized carbons (Fsp3) is 0.550. The number of benzene rings is 1. The number of nitrogens with zero attached hydrogens (tertiary/aromatic N) is 3. The molecule has 0 bridgehead atoms. The highest BCUT2D eigenvalue weighted by molar-refractivity contribution is 6.20. The van der Waals surface area contributed by atoms with Crippen molar-refractivity contribution in [2.24, 2.45) is 5.41 Å². The summed E-state index contributed by atoms with van der Waals surface area (Å²) in [6.07, 6.45) is 4.08. The molecule has 0 aliphatic carbocycles. The molecule has 1 N–H and O–H groups in total. The number of hydrogen-bond acceptors (Lipinski definition) is 6. The molecular formula is C20H24N4O5. The van der Waals surface area contributed by atoms with Crippen molar-refractivity contribution in [2.45, 2.75) is 51.5 Å². The molecule has 2 atom stereocenters. The number of rotatable bonds is 3. The minimum atomic E-state index is -1.45. The minimum absolute atomic E-state index is 0.0589. The second-order valence-corrected chi connectivity index (χ2v) is 7.99. The maximum atomic E-state index is 13.6. The van der Waals surface area contributed by atoms with Crippen LogP contribution in [0.25, 0.3) is 0 Å². The first-order valence-electron chi connectivity index (χ1n) is 10.1. The van der Waals surface area contributed by atoms with Crippen LogP contribution in [0, 0.1) is 15.5 Å². The minimum Gasteiger partial charge on any atom is -0.367 e. The Balaban J connectivity index is 1.88. The van der Waals surface area contributed by atoms with Gasteiger partial charge in [-0.3, -0.25) is 29.9 Å². The Kier molecular flexibility index (Phi) is 4.76. The molecule has 0 saturated carbocycles. The molecule has 1 spiro atoms. The number of fused-ring (bicyclic) bond motifs is 4. The summed E-state index contributed by atoms with van der Waals surface area (Å²) in [6.45, 7) is 2.76. The number of anilines is 1. The average molecular weight is 400 g/mol. The number of nitro groups is 1. The number of urea groups is 1. The zero-order valence-corrected chi connectivity index (χ0v) is 16.3. The summed E-state index contributed by atoms with van der Waals surface area (Å²) in [5.41, 5.74) is -0.0769. The van der Waals surface area contributed by atoms with Crippen LogP contribution in [0.15, 0.2) is 18.2 Å². The molecule has 2 fully saturated rings. The van der Waals surface area contributed by atoms with Crippen LogP contribution in [0.5, 0.6) is 0 Å². The monoisotopic (exact) mass is 400 g/mol. The van der Waals surface area contributed by atoms with E-state index in [2.05, 4.69) is 10.2 Å². The Morgan fingerprint density at radius 1 is 1.24 bits per heavy atom. The fourth-order valence-corrected chi connectivity index (χ4v) is 5.02. The van der Waals surface area contributed by atoms with Gasteiger partial charge in [0.1, 0.15) is 0 Å². The van der Waals surface area contributed by atoms with Gasteiger partial charge in [0.25, 0.3) is 5.69 Å². The Hall–Kier alpha value is -2.97. The van der Waals surface area contributed by atoms with Gasteiger partial charge in [0.05, 0.1) is 11.0 Å². The van der Waals surface area contributed by atoms with Crippen molar-refractivity contribution < 1.29 is 19.3 Å². The molecule has 1 aromatic rings. The third-order valence-electron chi connectivity index (χ3n) is 6.32. The second kappa shape index (κ2) is 7.13. The SMILES string of the molecule is CCCN1C(=O)NC(=O)[C@@]2(Cc3cc([N+](=O)[O-])ccc3N3CCCCC[C@@H]32)C1=O. The lowest BCUT2D eigenvalue weighted by molar-refractivity contribution is -0.384. The number of carbonyl (C=O) groups excluding carboxylic acids is 3. The van der Waals surface area contributed by atoms with Crippen LogP contribution in [0.1, 0.15) is 44.6 Å². The predicted molar refractivity (Wildman–Crippen MR) is 104 cm³/mol. The van der Waals surface area contributed by atoms with Crippen LogP contribution < -0.4 is 10.2 Å². The van der Waals surface area contributed by atoms with E-state index in [0.717, 1.165) is 29.8 Å². The first kappa shape index (κ1) is 19.4. The van der Waals surface area contributed by atoms with Gasteiger partial charge in [-0.05, 0) is 30.9 Å². The summed E-state index contributed by atoms with van der Waals surface area (Å²) in [5, 5.41) is 13.7. The van der Waals surface area contributed by atoms with E-state index in [-0.39, 0.29) is 24.7 Å². The summed E-state index contributed by atoms with van der Waals surface area (Å²) < 4.78 is 0. The molecule has 0 aromatic heterocycles. The number of nitro benzene ring substituents is 1. The van der Waals surface area contributed by atoms with Crippen LogP contribution >= 0.6 is 0 Å². The summed E-state index contributed by atoms with van der Waals surface area (Å²) in [7, 11) is 0.